The van der Waals surface area contributed by atoms with Gasteiger partial charge in [0.2, 0.25) is 0 Å². The van der Waals surface area contributed by atoms with Gasteiger partial charge in [-0.3, -0.25) is 9.59 Å². The van der Waals surface area contributed by atoms with Gasteiger partial charge in [-0.1, -0.05) is 30.3 Å². The molecule has 0 aliphatic rings. The lowest BCUT2D eigenvalue weighted by molar-refractivity contribution is -0.123. The number of methoxy groups -OCH3 is 2. The van der Waals surface area contributed by atoms with Gasteiger partial charge in [0.05, 0.1) is 25.8 Å². The van der Waals surface area contributed by atoms with Gasteiger partial charge in [0, 0.05) is 5.56 Å². The Morgan fingerprint density at radius 3 is 2.52 bits per heavy atom. The normalized spacial score (nSPS) is 11.6. The van der Waals surface area contributed by atoms with Crippen molar-refractivity contribution in [1.29, 1.82) is 0 Å². The van der Waals surface area contributed by atoms with E-state index in [0.717, 1.165) is 22.6 Å². The molecule has 0 aliphatic heterocycles. The average Bonchev–Trinajstić information content (AvgIpc) is 2.76. The summed E-state index contributed by atoms with van der Waals surface area (Å²) in [5.41, 5.74) is 1.22. The summed E-state index contributed by atoms with van der Waals surface area (Å²) < 4.78 is 16.3. The molecule has 0 saturated carbocycles. The number of hydrogen-bond acceptors (Lipinski definition) is 5. The zero-order valence-corrected chi connectivity index (χ0v) is 16.6. The third kappa shape index (κ3) is 4.48. The van der Waals surface area contributed by atoms with Crippen molar-refractivity contribution in [2.24, 2.45) is 0 Å². The van der Waals surface area contributed by atoms with E-state index in [4.69, 9.17) is 14.2 Å². The van der Waals surface area contributed by atoms with Gasteiger partial charge in [-0.05, 0) is 42.0 Å². The standard InChI is InChI=1S/C23H23NO5/c1-15(19-12-17(27-2)9-11-21(19)28-3)24-23(26)14-29-22-10-8-16-6-4-5-7-18(16)20(22)13-25/h4-13,15H,14H2,1-3H3,(H,24,26)/t15-/m1/s1. The maximum absolute atomic E-state index is 12.4. The summed E-state index contributed by atoms with van der Waals surface area (Å²) >= 11 is 0. The van der Waals surface area contributed by atoms with Crippen LogP contribution >= 0.6 is 0 Å². The van der Waals surface area contributed by atoms with Crippen molar-refractivity contribution in [3.05, 3.63) is 65.7 Å². The maximum Gasteiger partial charge on any atom is 0.258 e. The summed E-state index contributed by atoms with van der Waals surface area (Å²) in [7, 11) is 3.15. The fourth-order valence-electron chi connectivity index (χ4n) is 3.21. The molecule has 29 heavy (non-hydrogen) atoms. The number of fused-ring (bicyclic) bond motifs is 1. The van der Waals surface area contributed by atoms with Gasteiger partial charge in [0.1, 0.15) is 17.2 Å². The molecular weight excluding hydrogens is 370 g/mol. The maximum atomic E-state index is 12.4. The van der Waals surface area contributed by atoms with Crippen LogP contribution in [0.1, 0.15) is 28.9 Å². The Bertz CT molecular complexity index is 1030. The van der Waals surface area contributed by atoms with E-state index in [9.17, 15) is 9.59 Å². The molecule has 150 valence electrons. The number of carbonyl (C=O) groups is 2. The molecule has 0 heterocycles. The zero-order valence-electron chi connectivity index (χ0n) is 16.6. The summed E-state index contributed by atoms with van der Waals surface area (Å²) in [5.74, 6) is 1.38. The van der Waals surface area contributed by atoms with Gasteiger partial charge >= 0.3 is 0 Å². The van der Waals surface area contributed by atoms with Crippen molar-refractivity contribution >= 4 is 23.0 Å². The minimum absolute atomic E-state index is 0.212. The largest absolute Gasteiger partial charge is 0.497 e. The van der Waals surface area contributed by atoms with E-state index in [-0.39, 0.29) is 18.6 Å². The molecule has 1 amide bonds. The molecule has 0 bridgehead atoms. The lowest BCUT2D eigenvalue weighted by Crippen LogP contribution is -2.31. The highest BCUT2D eigenvalue weighted by Crippen LogP contribution is 2.29. The molecule has 0 unspecified atom stereocenters. The average molecular weight is 393 g/mol. The van der Waals surface area contributed by atoms with Gasteiger partial charge in [-0.15, -0.1) is 0 Å². The second-order valence-electron chi connectivity index (χ2n) is 6.50. The molecule has 3 aromatic rings. The predicted molar refractivity (Wildman–Crippen MR) is 111 cm³/mol. The molecule has 0 radical (unpaired) electrons. The first-order valence-corrected chi connectivity index (χ1v) is 9.18. The van der Waals surface area contributed by atoms with Gasteiger partial charge in [0.15, 0.2) is 12.9 Å². The Hall–Kier alpha value is -3.54. The topological polar surface area (TPSA) is 73.9 Å². The van der Waals surface area contributed by atoms with E-state index in [1.807, 2.05) is 43.3 Å². The molecule has 3 rings (SSSR count). The van der Waals surface area contributed by atoms with Crippen LogP contribution in [0, 0.1) is 0 Å². The smallest absolute Gasteiger partial charge is 0.258 e. The van der Waals surface area contributed by atoms with Crippen LogP contribution in [0.5, 0.6) is 17.2 Å². The van der Waals surface area contributed by atoms with Crippen LogP contribution in [0.4, 0.5) is 0 Å². The van der Waals surface area contributed by atoms with Crippen molar-refractivity contribution in [3.63, 3.8) is 0 Å². The van der Waals surface area contributed by atoms with Crippen LogP contribution in [0.2, 0.25) is 0 Å². The van der Waals surface area contributed by atoms with Crippen LogP contribution in [0.3, 0.4) is 0 Å². The number of amides is 1. The molecular formula is C23H23NO5. The van der Waals surface area contributed by atoms with E-state index in [1.165, 1.54) is 0 Å². The van der Waals surface area contributed by atoms with E-state index in [1.54, 1.807) is 32.4 Å². The third-order valence-electron chi connectivity index (χ3n) is 4.69. The highest BCUT2D eigenvalue weighted by molar-refractivity contribution is 6.00. The van der Waals surface area contributed by atoms with E-state index in [0.29, 0.717) is 22.8 Å². The van der Waals surface area contributed by atoms with Gasteiger partial charge < -0.3 is 19.5 Å². The first-order chi connectivity index (χ1) is 14.1. The minimum atomic E-state index is -0.321. The monoisotopic (exact) mass is 393 g/mol. The number of carbonyl (C=O) groups excluding carboxylic acids is 2. The molecule has 1 atom stereocenters. The van der Waals surface area contributed by atoms with Crippen LogP contribution in [0.15, 0.2) is 54.6 Å². The van der Waals surface area contributed by atoms with Crippen molar-refractivity contribution < 1.29 is 23.8 Å². The molecule has 0 fully saturated rings. The Balaban J connectivity index is 1.70. The predicted octanol–water partition coefficient (Wildman–Crippen LogP) is 3.93. The quantitative estimate of drug-likeness (QED) is 0.587. The SMILES string of the molecule is COc1ccc(OC)c([C@@H](C)NC(=O)COc2ccc3ccccc3c2C=O)c1. The number of nitrogens with one attached hydrogen (secondary N) is 1. The summed E-state index contributed by atoms with van der Waals surface area (Å²) in [4.78, 5) is 24.0. The Morgan fingerprint density at radius 2 is 1.79 bits per heavy atom. The fraction of sp³-hybridized carbons (Fsp3) is 0.217. The lowest BCUT2D eigenvalue weighted by atomic mass is 10.0. The molecule has 0 spiro atoms. The van der Waals surface area contributed by atoms with Crippen LogP contribution < -0.4 is 19.5 Å². The Labute approximate surface area is 169 Å². The molecule has 1 N–H and O–H groups in total. The summed E-state index contributed by atoms with van der Waals surface area (Å²) in [6.07, 6.45) is 0.749. The number of benzene rings is 3. The number of hydrogen-bond donors (Lipinski definition) is 1. The summed E-state index contributed by atoms with van der Waals surface area (Å²) in [6, 6.07) is 16.2. The highest BCUT2D eigenvalue weighted by atomic mass is 16.5. The Morgan fingerprint density at radius 1 is 1.03 bits per heavy atom. The number of aldehydes is 1. The molecule has 6 heteroatoms. The summed E-state index contributed by atoms with van der Waals surface area (Å²) in [5, 5.41) is 4.60. The molecule has 0 saturated heterocycles. The third-order valence-corrected chi connectivity index (χ3v) is 4.69. The van der Waals surface area contributed by atoms with Gasteiger partial charge in [-0.2, -0.15) is 0 Å². The molecule has 0 aliphatic carbocycles. The van der Waals surface area contributed by atoms with E-state index >= 15 is 0 Å². The lowest BCUT2D eigenvalue weighted by Gasteiger charge is -2.18. The molecule has 3 aromatic carbocycles. The van der Waals surface area contributed by atoms with Crippen molar-refractivity contribution in [2.75, 3.05) is 20.8 Å². The fourth-order valence-corrected chi connectivity index (χ4v) is 3.21. The second-order valence-corrected chi connectivity index (χ2v) is 6.50. The molecule has 0 aromatic heterocycles. The Kier molecular flexibility index (Phi) is 6.34. The zero-order chi connectivity index (χ0) is 20.8. The first kappa shape index (κ1) is 20.2. The van der Waals surface area contributed by atoms with Crippen LogP contribution in [0.25, 0.3) is 10.8 Å². The van der Waals surface area contributed by atoms with Crippen LogP contribution in [-0.4, -0.2) is 33.0 Å². The van der Waals surface area contributed by atoms with Crippen molar-refractivity contribution in [3.8, 4) is 17.2 Å². The molecule has 6 nitrogen and oxygen atoms in total. The number of ether oxygens (including phenoxy) is 3. The van der Waals surface area contributed by atoms with Gasteiger partial charge in [-0.25, -0.2) is 0 Å². The first-order valence-electron chi connectivity index (χ1n) is 9.18. The van der Waals surface area contributed by atoms with Crippen molar-refractivity contribution in [1.82, 2.24) is 5.32 Å². The van der Waals surface area contributed by atoms with Crippen molar-refractivity contribution in [2.45, 2.75) is 13.0 Å². The van der Waals surface area contributed by atoms with Crippen LogP contribution in [-0.2, 0) is 4.79 Å². The summed E-state index contributed by atoms with van der Waals surface area (Å²) in [6.45, 7) is 1.64. The minimum Gasteiger partial charge on any atom is -0.497 e. The highest BCUT2D eigenvalue weighted by Gasteiger charge is 2.16. The van der Waals surface area contributed by atoms with E-state index in [2.05, 4.69) is 5.32 Å². The van der Waals surface area contributed by atoms with E-state index < -0.39 is 0 Å². The second kappa shape index (κ2) is 9.10. The number of rotatable bonds is 8. The van der Waals surface area contributed by atoms with Gasteiger partial charge in [0.25, 0.3) is 5.91 Å².